The molecule has 9 heteroatoms. The first kappa shape index (κ1) is 21.3. The first-order chi connectivity index (χ1) is 12.7. The molecule has 1 aliphatic rings. The van der Waals surface area contributed by atoms with Gasteiger partial charge in [0.05, 0.1) is 19.3 Å². The minimum absolute atomic E-state index is 0. The quantitative estimate of drug-likeness (QED) is 0.368. The second-order valence-electron chi connectivity index (χ2n) is 6.38. The molecular formula is C18H28IN7O. The number of guanidine groups is 1. The normalized spacial score (nSPS) is 16.8. The molecule has 2 N–H and O–H groups in total. The summed E-state index contributed by atoms with van der Waals surface area (Å²) in [7, 11) is 5.38. The Balaban J connectivity index is 0.00000261. The lowest BCUT2D eigenvalue weighted by Crippen LogP contribution is -2.40. The van der Waals surface area contributed by atoms with E-state index in [9.17, 15) is 0 Å². The highest BCUT2D eigenvalue weighted by atomic mass is 127. The van der Waals surface area contributed by atoms with Crippen molar-refractivity contribution in [2.45, 2.75) is 13.0 Å². The van der Waals surface area contributed by atoms with Crippen LogP contribution in [0.2, 0.25) is 0 Å². The second kappa shape index (κ2) is 10.3. The Morgan fingerprint density at radius 1 is 1.33 bits per heavy atom. The molecule has 0 amide bonds. The van der Waals surface area contributed by atoms with Gasteiger partial charge in [-0.2, -0.15) is 5.10 Å². The average Bonchev–Trinajstić information content (AvgIpc) is 3.31. The molecule has 3 rings (SSSR count). The predicted molar refractivity (Wildman–Crippen MR) is 118 cm³/mol. The molecule has 1 aromatic heterocycles. The number of methoxy groups -OCH3 is 1. The third-order valence-corrected chi connectivity index (χ3v) is 4.71. The Labute approximate surface area is 177 Å². The van der Waals surface area contributed by atoms with E-state index in [-0.39, 0.29) is 24.0 Å². The van der Waals surface area contributed by atoms with Crippen molar-refractivity contribution in [3.63, 3.8) is 0 Å². The highest BCUT2D eigenvalue weighted by Crippen LogP contribution is 2.31. The van der Waals surface area contributed by atoms with E-state index in [0.29, 0.717) is 12.5 Å². The fourth-order valence-electron chi connectivity index (χ4n) is 3.21. The van der Waals surface area contributed by atoms with Crippen LogP contribution in [0, 0.1) is 5.92 Å². The van der Waals surface area contributed by atoms with Crippen molar-refractivity contribution < 1.29 is 4.74 Å². The topological polar surface area (TPSA) is 79.6 Å². The minimum Gasteiger partial charge on any atom is -0.495 e. The molecule has 2 aromatic rings. The van der Waals surface area contributed by atoms with Crippen LogP contribution in [0.4, 0.5) is 5.69 Å². The predicted octanol–water partition coefficient (Wildman–Crippen LogP) is 1.63. The van der Waals surface area contributed by atoms with E-state index in [1.165, 1.54) is 5.69 Å². The van der Waals surface area contributed by atoms with Crippen LogP contribution in [0.25, 0.3) is 0 Å². The van der Waals surface area contributed by atoms with Gasteiger partial charge in [-0.25, -0.2) is 4.98 Å². The van der Waals surface area contributed by atoms with E-state index in [1.54, 1.807) is 25.2 Å². The fraction of sp³-hybridized carbons (Fsp3) is 0.500. The minimum atomic E-state index is 0. The fourth-order valence-corrected chi connectivity index (χ4v) is 3.21. The zero-order valence-electron chi connectivity index (χ0n) is 16.1. The van der Waals surface area contributed by atoms with Crippen LogP contribution in [0.15, 0.2) is 35.6 Å². The maximum atomic E-state index is 5.49. The third-order valence-electron chi connectivity index (χ3n) is 4.71. The van der Waals surface area contributed by atoms with Crippen LogP contribution >= 0.6 is 24.0 Å². The van der Waals surface area contributed by atoms with E-state index in [4.69, 9.17) is 4.74 Å². The van der Waals surface area contributed by atoms with Crippen LogP contribution in [0.5, 0.6) is 5.75 Å². The Morgan fingerprint density at radius 2 is 2.15 bits per heavy atom. The highest BCUT2D eigenvalue weighted by Gasteiger charge is 2.24. The van der Waals surface area contributed by atoms with Gasteiger partial charge >= 0.3 is 0 Å². The Morgan fingerprint density at radius 3 is 2.85 bits per heavy atom. The summed E-state index contributed by atoms with van der Waals surface area (Å²) in [6, 6.07) is 8.20. The van der Waals surface area contributed by atoms with Gasteiger partial charge < -0.3 is 20.3 Å². The van der Waals surface area contributed by atoms with Gasteiger partial charge in [0.25, 0.3) is 0 Å². The van der Waals surface area contributed by atoms with Crippen LogP contribution in [-0.4, -0.2) is 54.5 Å². The summed E-state index contributed by atoms with van der Waals surface area (Å²) in [6.07, 6.45) is 2.70. The third kappa shape index (κ3) is 5.47. The van der Waals surface area contributed by atoms with Crippen LogP contribution in [-0.2, 0) is 13.6 Å². The van der Waals surface area contributed by atoms with Gasteiger partial charge in [-0.05, 0) is 24.5 Å². The summed E-state index contributed by atoms with van der Waals surface area (Å²) >= 11 is 0. The summed E-state index contributed by atoms with van der Waals surface area (Å²) in [6.45, 7) is 3.52. The van der Waals surface area contributed by atoms with Crippen molar-refractivity contribution in [2.75, 3.05) is 38.7 Å². The summed E-state index contributed by atoms with van der Waals surface area (Å²) in [5.74, 6) is 3.15. The zero-order chi connectivity index (χ0) is 18.4. The number of hydrogen-bond donors (Lipinski definition) is 2. The van der Waals surface area contributed by atoms with Crippen LogP contribution in [0.3, 0.4) is 0 Å². The standard InChI is InChI=1S/C18H27N7O.HI/c1-19-18(21-11-17-22-13-23-24(17)2)20-10-14-8-9-25(12-14)15-6-4-5-7-16(15)26-3;/h4-7,13-14H,8-12H2,1-3H3,(H2,19,20,21);1H. The van der Waals surface area contributed by atoms with Gasteiger partial charge in [0, 0.05) is 33.7 Å². The Hall–Kier alpha value is -2.04. The molecule has 27 heavy (non-hydrogen) atoms. The van der Waals surface area contributed by atoms with Gasteiger partial charge in [-0.1, -0.05) is 12.1 Å². The summed E-state index contributed by atoms with van der Waals surface area (Å²) < 4.78 is 7.24. The Kier molecular flexibility index (Phi) is 8.14. The lowest BCUT2D eigenvalue weighted by atomic mass is 10.1. The molecule has 0 aliphatic carbocycles. The van der Waals surface area contributed by atoms with Crippen molar-refractivity contribution in [2.24, 2.45) is 18.0 Å². The number of para-hydroxylation sites is 2. The van der Waals surface area contributed by atoms with Crippen molar-refractivity contribution in [1.29, 1.82) is 0 Å². The molecular weight excluding hydrogens is 457 g/mol. The molecule has 1 saturated heterocycles. The molecule has 0 saturated carbocycles. The molecule has 1 unspecified atom stereocenters. The average molecular weight is 485 g/mol. The van der Waals surface area contributed by atoms with E-state index < -0.39 is 0 Å². The molecule has 8 nitrogen and oxygen atoms in total. The van der Waals surface area contributed by atoms with Crippen molar-refractivity contribution >= 4 is 35.6 Å². The maximum absolute atomic E-state index is 5.49. The van der Waals surface area contributed by atoms with E-state index >= 15 is 0 Å². The summed E-state index contributed by atoms with van der Waals surface area (Å²) in [5, 5.41) is 10.8. The number of hydrogen-bond acceptors (Lipinski definition) is 5. The monoisotopic (exact) mass is 485 g/mol. The van der Waals surface area contributed by atoms with Crippen molar-refractivity contribution in [3.05, 3.63) is 36.4 Å². The number of halogens is 1. The lowest BCUT2D eigenvalue weighted by molar-refractivity contribution is 0.414. The van der Waals surface area contributed by atoms with Crippen molar-refractivity contribution in [1.82, 2.24) is 25.4 Å². The summed E-state index contributed by atoms with van der Waals surface area (Å²) in [5.41, 5.74) is 1.17. The number of anilines is 1. The Bertz CT molecular complexity index is 749. The van der Waals surface area contributed by atoms with Gasteiger partial charge in [-0.3, -0.25) is 9.67 Å². The van der Waals surface area contributed by atoms with E-state index in [1.807, 2.05) is 19.2 Å². The largest absolute Gasteiger partial charge is 0.495 e. The molecule has 1 aliphatic heterocycles. The van der Waals surface area contributed by atoms with Gasteiger partial charge in [-0.15, -0.1) is 24.0 Å². The number of benzene rings is 1. The van der Waals surface area contributed by atoms with Crippen molar-refractivity contribution in [3.8, 4) is 5.75 Å². The number of aromatic nitrogens is 3. The number of aliphatic imine (C=N–C) groups is 1. The number of aryl methyl sites for hydroxylation is 1. The molecule has 1 atom stereocenters. The van der Waals surface area contributed by atoms with Crippen LogP contribution < -0.4 is 20.3 Å². The number of nitrogens with one attached hydrogen (secondary N) is 2. The lowest BCUT2D eigenvalue weighted by Gasteiger charge is -2.21. The first-order valence-electron chi connectivity index (χ1n) is 8.86. The summed E-state index contributed by atoms with van der Waals surface area (Å²) in [4.78, 5) is 10.9. The molecule has 0 bridgehead atoms. The van der Waals surface area contributed by atoms with Crippen LogP contribution in [0.1, 0.15) is 12.2 Å². The number of ether oxygens (including phenoxy) is 1. The number of rotatable bonds is 6. The SMILES string of the molecule is CN=C(NCc1ncnn1C)NCC1CCN(c2ccccc2OC)C1.I. The van der Waals surface area contributed by atoms with E-state index in [2.05, 4.69) is 42.7 Å². The molecule has 1 fully saturated rings. The van der Waals surface area contributed by atoms with Gasteiger partial charge in [0.2, 0.25) is 0 Å². The molecule has 0 radical (unpaired) electrons. The maximum Gasteiger partial charge on any atom is 0.191 e. The molecule has 2 heterocycles. The molecule has 1 aromatic carbocycles. The van der Waals surface area contributed by atoms with Gasteiger partial charge in [0.1, 0.15) is 17.9 Å². The smallest absolute Gasteiger partial charge is 0.191 e. The van der Waals surface area contributed by atoms with Gasteiger partial charge in [0.15, 0.2) is 5.96 Å². The molecule has 0 spiro atoms. The zero-order valence-corrected chi connectivity index (χ0v) is 18.4. The first-order valence-corrected chi connectivity index (χ1v) is 8.86. The van der Waals surface area contributed by atoms with E-state index in [0.717, 1.165) is 43.6 Å². The highest BCUT2D eigenvalue weighted by molar-refractivity contribution is 14.0. The molecule has 148 valence electrons. The number of nitrogens with zero attached hydrogens (tertiary/aromatic N) is 5. The second-order valence-corrected chi connectivity index (χ2v) is 6.38.